The van der Waals surface area contributed by atoms with Crippen LogP contribution in [0.5, 0.6) is 0 Å². The fourth-order valence-electron chi connectivity index (χ4n) is 7.55. The zero-order valence-corrected chi connectivity index (χ0v) is 44.8. The standard InChI is InChI=1S/C12H9F3.C12H10F2.2C12H8N2O4.C6H5NO2.C6H12O2/c1-6-3-8-5-9(13)7(2)12(15)11(8)10(14)4-6;1-7-3-4-10-9(5-7)6-11(13)8(2)12(10)14;2*15-13(16)11-5-1-9(2-6-11)10-3-7-12(8-4-10)14(17)18;8-7(9)6-4-2-1-3-5-6;1-5-3-7-6(2)8-4-5/h3-5H,1-2H3;3-6H,1-2H3;2*1-8H;1-5H;5-6H,3-4H2,1-2H3. The number of benzene rings is 9. The molecule has 1 saturated heterocycles. The summed E-state index contributed by atoms with van der Waals surface area (Å²) in [5.74, 6) is -2.48. The number of halogens is 5. The van der Waals surface area contributed by atoms with Gasteiger partial charge in [-0.25, -0.2) is 22.0 Å². The minimum Gasteiger partial charge on any atom is -0.353 e. The van der Waals surface area contributed by atoms with Crippen molar-refractivity contribution >= 4 is 50.0 Å². The highest BCUT2D eigenvalue weighted by molar-refractivity contribution is 5.86. The molecule has 0 saturated carbocycles. The van der Waals surface area contributed by atoms with E-state index in [1.807, 2.05) is 19.9 Å². The Balaban J connectivity index is 0.000000184. The average Bonchev–Trinajstić information content (AvgIpc) is 3.59. The van der Waals surface area contributed by atoms with Crippen LogP contribution in [-0.4, -0.2) is 44.1 Å². The van der Waals surface area contributed by atoms with Gasteiger partial charge in [-0.3, -0.25) is 50.6 Å². The molecule has 0 amide bonds. The van der Waals surface area contributed by atoms with Crippen LogP contribution in [0.15, 0.2) is 170 Å². The molecule has 0 atom stereocenters. The number of nitro groups is 5. The molecule has 0 spiro atoms. The summed E-state index contributed by atoms with van der Waals surface area (Å²) >= 11 is 0. The molecule has 82 heavy (non-hydrogen) atoms. The molecule has 17 nitrogen and oxygen atoms in total. The van der Waals surface area contributed by atoms with Crippen molar-refractivity contribution in [3.8, 4) is 22.3 Å². The number of nitrogens with zero attached hydrogens (tertiary/aromatic N) is 5. The van der Waals surface area contributed by atoms with Gasteiger partial charge in [0.05, 0.1) is 43.2 Å². The largest absolute Gasteiger partial charge is 0.353 e. The minimum absolute atomic E-state index is 0.0145. The molecule has 22 heteroatoms. The second-order valence-corrected chi connectivity index (χ2v) is 18.3. The number of nitro benzene ring substituents is 5. The third-order valence-corrected chi connectivity index (χ3v) is 12.0. The molecule has 1 aliphatic heterocycles. The van der Waals surface area contributed by atoms with Crippen LogP contribution in [0.1, 0.15) is 36.1 Å². The van der Waals surface area contributed by atoms with Gasteiger partial charge in [-0.2, -0.15) is 0 Å². The number of hydrogen-bond donors (Lipinski definition) is 0. The lowest BCUT2D eigenvalue weighted by Gasteiger charge is -2.24. The summed E-state index contributed by atoms with van der Waals surface area (Å²) in [5, 5.41) is 53.2. The molecule has 0 unspecified atom stereocenters. The Morgan fingerprint density at radius 1 is 0.390 bits per heavy atom. The first kappa shape index (κ1) is 62.9. The molecule has 0 aromatic heterocycles. The van der Waals surface area contributed by atoms with Crippen LogP contribution in [0, 0.1) is 113 Å². The summed E-state index contributed by atoms with van der Waals surface area (Å²) < 4.78 is 77.3. The van der Waals surface area contributed by atoms with Gasteiger partial charge in [0.15, 0.2) is 6.29 Å². The van der Waals surface area contributed by atoms with Gasteiger partial charge in [0.25, 0.3) is 28.4 Å². The minimum atomic E-state index is -0.817. The smallest absolute Gasteiger partial charge is 0.269 e. The highest BCUT2D eigenvalue weighted by Gasteiger charge is 2.16. The van der Waals surface area contributed by atoms with Crippen molar-refractivity contribution in [2.24, 2.45) is 5.92 Å². The van der Waals surface area contributed by atoms with E-state index in [2.05, 4.69) is 6.92 Å². The fraction of sp³-hybridized carbons (Fsp3) is 0.167. The summed E-state index contributed by atoms with van der Waals surface area (Å²) in [4.78, 5) is 49.7. The Morgan fingerprint density at radius 3 is 1.09 bits per heavy atom. The van der Waals surface area contributed by atoms with Crippen LogP contribution in [-0.2, 0) is 9.47 Å². The molecule has 424 valence electrons. The summed E-state index contributed by atoms with van der Waals surface area (Å²) in [6.07, 6.45) is 0.0196. The number of ether oxygens (including phenoxy) is 2. The fourth-order valence-corrected chi connectivity index (χ4v) is 7.55. The van der Waals surface area contributed by atoms with Crippen LogP contribution in [0.4, 0.5) is 50.4 Å². The van der Waals surface area contributed by atoms with Crippen molar-refractivity contribution in [1.82, 2.24) is 0 Å². The highest BCUT2D eigenvalue weighted by atomic mass is 19.2. The molecule has 0 bridgehead atoms. The van der Waals surface area contributed by atoms with E-state index in [1.165, 1.54) is 86.6 Å². The van der Waals surface area contributed by atoms with Gasteiger partial charge in [-0.1, -0.05) is 55.0 Å². The average molecular weight is 1130 g/mol. The third kappa shape index (κ3) is 17.8. The summed E-state index contributed by atoms with van der Waals surface area (Å²) in [6, 6.07) is 42.6. The summed E-state index contributed by atoms with van der Waals surface area (Å²) in [7, 11) is 0. The quantitative estimate of drug-likeness (QED) is 0.0823. The summed E-state index contributed by atoms with van der Waals surface area (Å²) in [6.45, 7) is 12.1. The van der Waals surface area contributed by atoms with E-state index >= 15 is 0 Å². The third-order valence-electron chi connectivity index (χ3n) is 12.0. The second kappa shape index (κ2) is 29.3. The van der Waals surface area contributed by atoms with Gasteiger partial charge in [0, 0.05) is 83.1 Å². The van der Waals surface area contributed by atoms with E-state index in [-0.39, 0.29) is 56.6 Å². The van der Waals surface area contributed by atoms with Crippen LogP contribution >= 0.6 is 0 Å². The number of fused-ring (bicyclic) bond motifs is 2. The zero-order chi connectivity index (χ0) is 60.4. The SMILES string of the molecule is CC1COC(C)OC1.Cc1cc(F)c2c(F)c(C)c(F)cc2c1.Cc1ccc2c(F)c(C)c(F)cc2c1.O=[N+]([O-])c1ccc(-c2ccc([N+](=O)[O-])cc2)cc1.O=[N+]([O-])c1ccc(-c2ccc([N+](=O)[O-])cc2)cc1.O=[N+]([O-])c1ccccc1. The van der Waals surface area contributed by atoms with Crippen LogP contribution in [0.3, 0.4) is 0 Å². The molecule has 1 fully saturated rings. The molecule has 0 aliphatic carbocycles. The van der Waals surface area contributed by atoms with E-state index in [4.69, 9.17) is 9.47 Å². The van der Waals surface area contributed by atoms with Gasteiger partial charge in [0.1, 0.15) is 29.1 Å². The molecule has 0 N–H and O–H groups in total. The Morgan fingerprint density at radius 2 is 0.732 bits per heavy atom. The van der Waals surface area contributed by atoms with Gasteiger partial charge >= 0.3 is 0 Å². The first-order valence-electron chi connectivity index (χ1n) is 24.7. The zero-order valence-electron chi connectivity index (χ0n) is 44.8. The Labute approximate surface area is 465 Å². The van der Waals surface area contributed by atoms with Crippen molar-refractivity contribution in [1.29, 1.82) is 0 Å². The molecule has 1 aliphatic rings. The topological polar surface area (TPSA) is 234 Å². The number of hydrogen-bond acceptors (Lipinski definition) is 12. The van der Waals surface area contributed by atoms with Gasteiger partial charge in [-0.15, -0.1) is 0 Å². The van der Waals surface area contributed by atoms with Crippen LogP contribution in [0.2, 0.25) is 0 Å². The molecule has 1 heterocycles. The molecule has 0 radical (unpaired) electrons. The Hall–Kier alpha value is -9.93. The van der Waals surface area contributed by atoms with Crippen molar-refractivity contribution in [3.05, 3.63) is 272 Å². The summed E-state index contributed by atoms with van der Waals surface area (Å²) in [5.41, 5.74) is 4.87. The normalized spacial score (nSPS) is 13.1. The maximum atomic E-state index is 13.6. The van der Waals surface area contributed by atoms with E-state index in [0.717, 1.165) is 47.1 Å². The maximum absolute atomic E-state index is 13.6. The van der Waals surface area contributed by atoms with E-state index < -0.39 is 53.7 Å². The van der Waals surface area contributed by atoms with Crippen molar-refractivity contribution in [2.75, 3.05) is 13.2 Å². The molecular formula is C60H52F5N5O12. The van der Waals surface area contributed by atoms with E-state index in [9.17, 15) is 72.5 Å². The Kier molecular flexibility index (Phi) is 22.5. The highest BCUT2D eigenvalue weighted by Crippen LogP contribution is 2.29. The lowest BCUT2D eigenvalue weighted by Crippen LogP contribution is -2.27. The van der Waals surface area contributed by atoms with Crippen LogP contribution < -0.4 is 0 Å². The first-order valence-corrected chi connectivity index (χ1v) is 24.7. The monoisotopic (exact) mass is 1130 g/mol. The van der Waals surface area contributed by atoms with Crippen LogP contribution in [0.25, 0.3) is 43.8 Å². The second-order valence-electron chi connectivity index (χ2n) is 18.3. The van der Waals surface area contributed by atoms with Gasteiger partial charge in [0.2, 0.25) is 0 Å². The molecular weight excluding hydrogens is 1080 g/mol. The molecule has 9 aromatic carbocycles. The number of para-hydroxylation sites is 1. The number of non-ortho nitro benzene ring substituents is 5. The van der Waals surface area contributed by atoms with E-state index in [0.29, 0.717) is 22.3 Å². The molecule has 10 rings (SSSR count). The first-order chi connectivity index (χ1) is 38.8. The van der Waals surface area contributed by atoms with Gasteiger partial charge < -0.3 is 9.47 Å². The van der Waals surface area contributed by atoms with Crippen molar-refractivity contribution in [3.63, 3.8) is 0 Å². The molecule has 9 aromatic rings. The lowest BCUT2D eigenvalue weighted by molar-refractivity contribution is -0.385. The van der Waals surface area contributed by atoms with Crippen molar-refractivity contribution < 1.29 is 56.0 Å². The maximum Gasteiger partial charge on any atom is 0.269 e. The predicted octanol–water partition coefficient (Wildman–Crippen LogP) is 16.6. The lowest BCUT2D eigenvalue weighted by atomic mass is 10.0. The number of rotatable bonds is 7. The Bertz CT molecular complexity index is 3470. The van der Waals surface area contributed by atoms with E-state index in [1.54, 1.807) is 91.9 Å². The van der Waals surface area contributed by atoms with Crippen molar-refractivity contribution in [2.45, 2.75) is 47.8 Å². The predicted molar refractivity (Wildman–Crippen MR) is 301 cm³/mol. The van der Waals surface area contributed by atoms with Gasteiger partial charge in [-0.05, 0) is 140 Å². The number of aryl methyl sites for hydroxylation is 2.